The van der Waals surface area contributed by atoms with Crippen LogP contribution in [0.1, 0.15) is 58.9 Å². The van der Waals surface area contributed by atoms with Gasteiger partial charge in [-0.3, -0.25) is 4.79 Å². The van der Waals surface area contributed by atoms with Crippen LogP contribution in [0.2, 0.25) is 0 Å². The maximum absolute atomic E-state index is 13.7. The van der Waals surface area contributed by atoms with Crippen LogP contribution in [0.25, 0.3) is 0 Å². The van der Waals surface area contributed by atoms with Gasteiger partial charge in [0.1, 0.15) is 17.8 Å². The first kappa shape index (κ1) is 28.4. The summed E-state index contributed by atoms with van der Waals surface area (Å²) >= 11 is 0. The van der Waals surface area contributed by atoms with Crippen molar-refractivity contribution in [3.8, 4) is 0 Å². The minimum Gasteiger partial charge on any atom is -0.382 e. The SMILES string of the molecule is CN1CCC(Nc2ccc(C(=O)NC3NNc4ccc(Cc5cc(F)cc(F)c5)cc43)c(NC3CCOCC3)c2)CC1. The number of ether oxygens (including phenoxy) is 1. The van der Waals surface area contributed by atoms with Crippen LogP contribution in [0.3, 0.4) is 0 Å². The van der Waals surface area contributed by atoms with E-state index in [-0.39, 0.29) is 11.9 Å². The Morgan fingerprint density at radius 1 is 0.905 bits per heavy atom. The Hall–Kier alpha value is -3.73. The minimum absolute atomic E-state index is 0.208. The van der Waals surface area contributed by atoms with Crippen LogP contribution < -0.4 is 26.8 Å². The van der Waals surface area contributed by atoms with E-state index in [1.54, 1.807) is 0 Å². The summed E-state index contributed by atoms with van der Waals surface area (Å²) < 4.78 is 33.0. The van der Waals surface area contributed by atoms with Crippen molar-refractivity contribution >= 4 is 23.0 Å². The van der Waals surface area contributed by atoms with Gasteiger partial charge in [-0.1, -0.05) is 6.07 Å². The molecule has 0 bridgehead atoms. The fourth-order valence-electron chi connectivity index (χ4n) is 5.98. The van der Waals surface area contributed by atoms with E-state index in [1.165, 1.54) is 12.1 Å². The minimum atomic E-state index is -0.600. The number of rotatable bonds is 8. The quantitative estimate of drug-likeness (QED) is 0.258. The molecule has 3 aliphatic rings. The molecular weight excluding hydrogens is 538 g/mol. The van der Waals surface area contributed by atoms with Crippen molar-refractivity contribution in [3.63, 3.8) is 0 Å². The number of benzene rings is 3. The van der Waals surface area contributed by atoms with Crippen molar-refractivity contribution in [2.45, 2.75) is 50.4 Å². The van der Waals surface area contributed by atoms with Gasteiger partial charge in [0.25, 0.3) is 5.91 Å². The van der Waals surface area contributed by atoms with E-state index in [0.717, 1.165) is 73.0 Å². The Morgan fingerprint density at radius 3 is 2.40 bits per heavy atom. The van der Waals surface area contributed by atoms with Crippen LogP contribution in [-0.4, -0.2) is 56.2 Å². The molecule has 3 heterocycles. The predicted molar refractivity (Wildman–Crippen MR) is 161 cm³/mol. The number of amides is 1. The zero-order valence-electron chi connectivity index (χ0n) is 23.8. The molecule has 5 N–H and O–H groups in total. The lowest BCUT2D eigenvalue weighted by molar-refractivity contribution is 0.0903. The second-order valence-electron chi connectivity index (χ2n) is 11.6. The highest BCUT2D eigenvalue weighted by molar-refractivity contribution is 6.00. The fraction of sp³-hybridized carbons (Fsp3) is 0.406. The van der Waals surface area contributed by atoms with Gasteiger partial charge >= 0.3 is 0 Å². The van der Waals surface area contributed by atoms with Crippen molar-refractivity contribution in [1.82, 2.24) is 15.6 Å². The van der Waals surface area contributed by atoms with Crippen LogP contribution in [0.4, 0.5) is 25.8 Å². The van der Waals surface area contributed by atoms with E-state index in [4.69, 9.17) is 4.74 Å². The summed E-state index contributed by atoms with van der Waals surface area (Å²) in [6.07, 6.45) is 3.81. The standard InChI is InChI=1S/C32H38F2N6O2/c1-40-10-6-24(7-11-40)35-26-3-4-27(30(19-26)36-25-8-12-42-13-9-25)32(41)37-31-28-17-20(2-5-29(28)38-39-31)14-21-15-22(33)18-23(34)16-21/h2-5,15-19,24-25,31,35-36,38-39H,6-14H2,1H3,(H,37,41). The molecule has 3 aromatic rings. The van der Waals surface area contributed by atoms with E-state index in [9.17, 15) is 13.6 Å². The van der Waals surface area contributed by atoms with Gasteiger partial charge in [0, 0.05) is 48.3 Å². The Bertz CT molecular complexity index is 1400. The lowest BCUT2D eigenvalue weighted by Crippen LogP contribution is -2.37. The number of piperidine rings is 1. The summed E-state index contributed by atoms with van der Waals surface area (Å²) in [7, 11) is 2.15. The highest BCUT2D eigenvalue weighted by atomic mass is 19.1. The number of hydrazine groups is 1. The Balaban J connectivity index is 1.19. The summed E-state index contributed by atoms with van der Waals surface area (Å²) in [4.78, 5) is 16.1. The van der Waals surface area contributed by atoms with E-state index in [2.05, 4.69) is 38.7 Å². The first-order valence-corrected chi connectivity index (χ1v) is 14.7. The van der Waals surface area contributed by atoms with Crippen molar-refractivity contribution in [2.24, 2.45) is 0 Å². The summed E-state index contributed by atoms with van der Waals surface area (Å²) in [5.74, 6) is -1.41. The smallest absolute Gasteiger partial charge is 0.254 e. The topological polar surface area (TPSA) is 89.7 Å². The van der Waals surface area contributed by atoms with Gasteiger partial charge < -0.3 is 31.0 Å². The summed E-state index contributed by atoms with van der Waals surface area (Å²) in [6, 6.07) is 15.8. The van der Waals surface area contributed by atoms with Crippen LogP contribution in [0.15, 0.2) is 54.6 Å². The normalized spacial score (nSPS) is 19.6. The summed E-state index contributed by atoms with van der Waals surface area (Å²) in [5.41, 5.74) is 11.8. The summed E-state index contributed by atoms with van der Waals surface area (Å²) in [5, 5.41) is 10.4. The van der Waals surface area contributed by atoms with Crippen LogP contribution >= 0.6 is 0 Å². The third-order valence-electron chi connectivity index (χ3n) is 8.32. The molecule has 6 rings (SSSR count). The van der Waals surface area contributed by atoms with E-state index >= 15 is 0 Å². The van der Waals surface area contributed by atoms with Gasteiger partial charge in [-0.25, -0.2) is 14.2 Å². The Kier molecular flexibility index (Phi) is 8.55. The van der Waals surface area contributed by atoms with Crippen LogP contribution in [-0.2, 0) is 11.2 Å². The second-order valence-corrected chi connectivity index (χ2v) is 11.6. The van der Waals surface area contributed by atoms with Gasteiger partial charge in [0.15, 0.2) is 0 Å². The second kappa shape index (κ2) is 12.6. The number of anilines is 3. The molecule has 10 heteroatoms. The molecule has 0 spiro atoms. The van der Waals surface area contributed by atoms with Gasteiger partial charge in [0.05, 0.1) is 11.3 Å². The van der Waals surface area contributed by atoms with Crippen molar-refractivity contribution in [3.05, 3.63) is 88.5 Å². The predicted octanol–water partition coefficient (Wildman–Crippen LogP) is 5.01. The van der Waals surface area contributed by atoms with Crippen molar-refractivity contribution in [1.29, 1.82) is 0 Å². The molecule has 1 amide bonds. The van der Waals surface area contributed by atoms with Crippen molar-refractivity contribution in [2.75, 3.05) is 49.4 Å². The first-order valence-electron chi connectivity index (χ1n) is 14.7. The van der Waals surface area contributed by atoms with Crippen LogP contribution in [0, 0.1) is 11.6 Å². The third kappa shape index (κ3) is 6.83. The van der Waals surface area contributed by atoms with Gasteiger partial charge in [0.2, 0.25) is 0 Å². The van der Waals surface area contributed by atoms with E-state index in [1.807, 2.05) is 36.4 Å². The molecule has 222 valence electrons. The third-order valence-corrected chi connectivity index (χ3v) is 8.32. The molecule has 0 saturated carbocycles. The molecule has 3 aromatic carbocycles. The van der Waals surface area contributed by atoms with E-state index in [0.29, 0.717) is 36.8 Å². The monoisotopic (exact) mass is 576 g/mol. The lowest BCUT2D eigenvalue weighted by atomic mass is 10.0. The molecule has 42 heavy (non-hydrogen) atoms. The largest absolute Gasteiger partial charge is 0.382 e. The molecule has 3 aliphatic heterocycles. The molecular formula is C32H38F2N6O2. The molecule has 2 fully saturated rings. The number of carbonyl (C=O) groups excluding carboxylic acids is 1. The zero-order chi connectivity index (χ0) is 29.1. The maximum Gasteiger partial charge on any atom is 0.254 e. The number of fused-ring (bicyclic) bond motifs is 1. The number of carbonyl (C=O) groups is 1. The summed E-state index contributed by atoms with van der Waals surface area (Å²) in [6.45, 7) is 3.53. The Morgan fingerprint density at radius 2 is 1.64 bits per heavy atom. The molecule has 1 unspecified atom stereocenters. The number of nitrogens with one attached hydrogen (secondary N) is 5. The number of likely N-dealkylation sites (tertiary alicyclic amines) is 1. The number of nitrogens with zero attached hydrogens (tertiary/aromatic N) is 1. The average molecular weight is 577 g/mol. The average Bonchev–Trinajstić information content (AvgIpc) is 3.36. The number of hydrogen-bond acceptors (Lipinski definition) is 7. The highest BCUT2D eigenvalue weighted by Gasteiger charge is 2.26. The van der Waals surface area contributed by atoms with Crippen LogP contribution in [0.5, 0.6) is 0 Å². The number of hydrogen-bond donors (Lipinski definition) is 5. The molecule has 2 saturated heterocycles. The molecule has 0 radical (unpaired) electrons. The molecule has 1 atom stereocenters. The molecule has 0 aromatic heterocycles. The number of halogens is 2. The molecule has 0 aliphatic carbocycles. The van der Waals surface area contributed by atoms with Crippen molar-refractivity contribution < 1.29 is 18.3 Å². The molecule has 8 nitrogen and oxygen atoms in total. The van der Waals surface area contributed by atoms with Gasteiger partial charge in [-0.05, 0) is 106 Å². The fourth-order valence-corrected chi connectivity index (χ4v) is 5.98. The first-order chi connectivity index (χ1) is 20.4. The van der Waals surface area contributed by atoms with Gasteiger partial charge in [-0.2, -0.15) is 0 Å². The van der Waals surface area contributed by atoms with Gasteiger partial charge in [-0.15, -0.1) is 0 Å². The lowest BCUT2D eigenvalue weighted by Gasteiger charge is -2.30. The highest BCUT2D eigenvalue weighted by Crippen LogP contribution is 2.31. The van der Waals surface area contributed by atoms with E-state index < -0.39 is 17.8 Å². The Labute approximate surface area is 245 Å². The maximum atomic E-state index is 13.7. The zero-order valence-corrected chi connectivity index (χ0v) is 23.8.